The van der Waals surface area contributed by atoms with Crippen molar-refractivity contribution in [3.05, 3.63) is 58.8 Å². The van der Waals surface area contributed by atoms with Gasteiger partial charge >= 0.3 is 0 Å². The molecule has 0 radical (unpaired) electrons. The summed E-state index contributed by atoms with van der Waals surface area (Å²) >= 11 is 0. The SMILES string of the molecule is Cc1cc(OC[C@H](C)O)nc(C)c1C(=O)N1CC2CN(CCC(NC(=O)C3CC(O)C3)c3ccccc3)CC2C1. The van der Waals surface area contributed by atoms with Crippen LogP contribution in [-0.4, -0.2) is 88.3 Å². The minimum absolute atomic E-state index is 0.0264. The molecule has 1 aromatic carbocycles. The molecule has 3 N–H and O–H groups in total. The molecule has 2 saturated heterocycles. The third kappa shape index (κ3) is 6.48. The Morgan fingerprint density at radius 1 is 1.10 bits per heavy atom. The molecule has 2 aromatic rings. The normalized spacial score (nSPS) is 25.7. The van der Waals surface area contributed by atoms with E-state index in [1.54, 1.807) is 13.0 Å². The number of fused-ring (bicyclic) bond motifs is 1. The second-order valence-corrected chi connectivity index (χ2v) is 12.0. The summed E-state index contributed by atoms with van der Waals surface area (Å²) in [6.45, 7) is 9.81. The van der Waals surface area contributed by atoms with Crippen LogP contribution in [0.15, 0.2) is 36.4 Å². The van der Waals surface area contributed by atoms with Gasteiger partial charge in [0.15, 0.2) is 0 Å². The van der Waals surface area contributed by atoms with Gasteiger partial charge in [-0.15, -0.1) is 0 Å². The van der Waals surface area contributed by atoms with Gasteiger partial charge in [-0.25, -0.2) is 4.98 Å². The van der Waals surface area contributed by atoms with Crippen molar-refractivity contribution in [1.29, 1.82) is 0 Å². The Labute approximate surface area is 236 Å². The zero-order valence-electron chi connectivity index (χ0n) is 23.8. The number of pyridine rings is 1. The number of aromatic nitrogens is 1. The molecule has 3 heterocycles. The summed E-state index contributed by atoms with van der Waals surface area (Å²) in [6.07, 6.45) is 0.986. The highest BCUT2D eigenvalue weighted by Gasteiger charge is 2.42. The first-order valence-electron chi connectivity index (χ1n) is 14.5. The number of amides is 2. The monoisotopic (exact) mass is 550 g/mol. The molecule has 3 unspecified atom stereocenters. The number of hydrogen-bond donors (Lipinski definition) is 3. The predicted molar refractivity (Wildman–Crippen MR) is 151 cm³/mol. The first kappa shape index (κ1) is 28.5. The largest absolute Gasteiger partial charge is 0.475 e. The van der Waals surface area contributed by atoms with E-state index in [1.807, 2.05) is 36.9 Å². The molecule has 2 aliphatic heterocycles. The second-order valence-electron chi connectivity index (χ2n) is 12.0. The van der Waals surface area contributed by atoms with Gasteiger partial charge in [0, 0.05) is 44.7 Å². The Morgan fingerprint density at radius 2 is 1.77 bits per heavy atom. The van der Waals surface area contributed by atoms with Crippen LogP contribution in [0.2, 0.25) is 0 Å². The fraction of sp³-hybridized carbons (Fsp3) is 0.581. The van der Waals surface area contributed by atoms with Gasteiger partial charge in [0.2, 0.25) is 11.8 Å². The molecule has 5 rings (SSSR count). The number of carbonyl (C=O) groups excluding carboxylic acids is 2. The summed E-state index contributed by atoms with van der Waals surface area (Å²) in [5.41, 5.74) is 3.23. The number of ether oxygens (including phenoxy) is 1. The molecular weight excluding hydrogens is 508 g/mol. The van der Waals surface area contributed by atoms with E-state index in [0.717, 1.165) is 50.3 Å². The maximum absolute atomic E-state index is 13.5. The van der Waals surface area contributed by atoms with Crippen LogP contribution >= 0.6 is 0 Å². The summed E-state index contributed by atoms with van der Waals surface area (Å²) in [7, 11) is 0. The summed E-state index contributed by atoms with van der Waals surface area (Å²) < 4.78 is 5.55. The molecule has 9 heteroatoms. The van der Waals surface area contributed by atoms with Crippen LogP contribution in [0.5, 0.6) is 5.88 Å². The second kappa shape index (κ2) is 12.2. The molecule has 2 amide bonds. The number of aliphatic hydroxyl groups is 2. The van der Waals surface area contributed by atoms with Crippen molar-refractivity contribution in [2.45, 2.75) is 58.3 Å². The highest BCUT2D eigenvalue weighted by atomic mass is 16.5. The Balaban J connectivity index is 1.15. The quantitative estimate of drug-likeness (QED) is 0.416. The van der Waals surface area contributed by atoms with E-state index in [-0.39, 0.29) is 36.5 Å². The molecule has 4 atom stereocenters. The van der Waals surface area contributed by atoms with Gasteiger partial charge in [-0.1, -0.05) is 30.3 Å². The molecule has 216 valence electrons. The average Bonchev–Trinajstić information content (AvgIpc) is 3.47. The van der Waals surface area contributed by atoms with Crippen LogP contribution in [-0.2, 0) is 4.79 Å². The number of rotatable bonds is 10. The number of nitrogens with one attached hydrogen (secondary N) is 1. The number of aryl methyl sites for hydroxylation is 2. The van der Waals surface area contributed by atoms with Gasteiger partial charge in [-0.05, 0) is 63.0 Å². The van der Waals surface area contributed by atoms with E-state index in [1.165, 1.54) is 0 Å². The zero-order chi connectivity index (χ0) is 28.4. The van der Waals surface area contributed by atoms with Crippen LogP contribution in [0, 0.1) is 31.6 Å². The lowest BCUT2D eigenvalue weighted by Gasteiger charge is -2.32. The summed E-state index contributed by atoms with van der Waals surface area (Å²) in [5, 5.41) is 22.3. The van der Waals surface area contributed by atoms with Crippen molar-refractivity contribution in [3.63, 3.8) is 0 Å². The molecule has 40 heavy (non-hydrogen) atoms. The number of carbonyl (C=O) groups is 2. The van der Waals surface area contributed by atoms with Gasteiger partial charge in [0.1, 0.15) is 6.61 Å². The molecular formula is C31H42N4O5. The van der Waals surface area contributed by atoms with Crippen LogP contribution in [0.4, 0.5) is 0 Å². The van der Waals surface area contributed by atoms with Crippen molar-refractivity contribution < 1.29 is 24.5 Å². The lowest BCUT2D eigenvalue weighted by molar-refractivity contribution is -0.132. The highest BCUT2D eigenvalue weighted by molar-refractivity contribution is 5.97. The van der Waals surface area contributed by atoms with E-state index in [2.05, 4.69) is 27.3 Å². The minimum atomic E-state index is -0.586. The predicted octanol–water partition coefficient (Wildman–Crippen LogP) is 2.48. The maximum atomic E-state index is 13.5. The average molecular weight is 551 g/mol. The Bertz CT molecular complexity index is 1160. The van der Waals surface area contributed by atoms with Crippen molar-refractivity contribution in [2.24, 2.45) is 17.8 Å². The molecule has 1 aliphatic carbocycles. The zero-order valence-corrected chi connectivity index (χ0v) is 23.8. The number of likely N-dealkylation sites (tertiary alicyclic amines) is 2. The van der Waals surface area contributed by atoms with Crippen molar-refractivity contribution >= 4 is 11.8 Å². The third-order valence-corrected chi connectivity index (χ3v) is 8.65. The molecule has 9 nitrogen and oxygen atoms in total. The first-order chi connectivity index (χ1) is 19.2. The van der Waals surface area contributed by atoms with Crippen LogP contribution < -0.4 is 10.1 Å². The van der Waals surface area contributed by atoms with Gasteiger partial charge in [0.25, 0.3) is 5.91 Å². The minimum Gasteiger partial charge on any atom is -0.475 e. The number of nitrogens with zero attached hydrogens (tertiary/aromatic N) is 3. The smallest absolute Gasteiger partial charge is 0.255 e. The van der Waals surface area contributed by atoms with Crippen LogP contribution in [0.25, 0.3) is 0 Å². The summed E-state index contributed by atoms with van der Waals surface area (Å²) in [4.78, 5) is 35.2. The molecule has 1 aromatic heterocycles. The number of aliphatic hydroxyl groups excluding tert-OH is 2. The van der Waals surface area contributed by atoms with Gasteiger partial charge in [-0.2, -0.15) is 0 Å². The third-order valence-electron chi connectivity index (χ3n) is 8.65. The van der Waals surface area contributed by atoms with Gasteiger partial charge < -0.3 is 30.1 Å². The van der Waals surface area contributed by atoms with E-state index >= 15 is 0 Å². The Hall–Kier alpha value is -3.01. The molecule has 3 aliphatic rings. The maximum Gasteiger partial charge on any atom is 0.255 e. The lowest BCUT2D eigenvalue weighted by Crippen LogP contribution is -2.43. The van der Waals surface area contributed by atoms with E-state index in [9.17, 15) is 19.8 Å². The van der Waals surface area contributed by atoms with Crippen LogP contribution in [0.1, 0.15) is 59.4 Å². The molecule has 0 spiro atoms. The van der Waals surface area contributed by atoms with Crippen molar-refractivity contribution in [2.75, 3.05) is 39.3 Å². The first-order valence-corrected chi connectivity index (χ1v) is 14.5. The topological polar surface area (TPSA) is 115 Å². The highest BCUT2D eigenvalue weighted by Crippen LogP contribution is 2.34. The standard InChI is InChI=1S/C31H42N4O5/c1-19-11-28(40-18-20(2)36)32-21(3)29(19)31(39)35-16-24-14-34(15-25(24)17-35)10-9-27(22-7-5-4-6-8-22)33-30(38)23-12-26(37)13-23/h4-8,11,20,23-27,36-37H,9-10,12-18H2,1-3H3,(H,33,38)/t20-,23?,24?,25?,26?,27?/m0/s1. The summed E-state index contributed by atoms with van der Waals surface area (Å²) in [6, 6.07) is 11.8. The Morgan fingerprint density at radius 3 is 2.38 bits per heavy atom. The van der Waals surface area contributed by atoms with Gasteiger partial charge in [-0.3, -0.25) is 9.59 Å². The van der Waals surface area contributed by atoms with E-state index in [4.69, 9.17) is 4.74 Å². The fourth-order valence-electron chi connectivity index (χ4n) is 6.41. The van der Waals surface area contributed by atoms with Gasteiger partial charge in [0.05, 0.1) is 29.5 Å². The van der Waals surface area contributed by atoms with Crippen molar-refractivity contribution in [1.82, 2.24) is 20.1 Å². The molecule has 1 saturated carbocycles. The lowest BCUT2D eigenvalue weighted by atomic mass is 9.81. The Kier molecular flexibility index (Phi) is 8.73. The molecule has 0 bridgehead atoms. The number of benzene rings is 1. The van der Waals surface area contributed by atoms with E-state index < -0.39 is 6.10 Å². The number of hydrogen-bond acceptors (Lipinski definition) is 7. The van der Waals surface area contributed by atoms with E-state index in [0.29, 0.717) is 41.8 Å². The van der Waals surface area contributed by atoms with Crippen LogP contribution in [0.3, 0.4) is 0 Å². The summed E-state index contributed by atoms with van der Waals surface area (Å²) in [5.74, 6) is 1.27. The molecule has 3 fully saturated rings. The fourth-order valence-corrected chi connectivity index (χ4v) is 6.41. The van der Waals surface area contributed by atoms with Crippen molar-refractivity contribution in [3.8, 4) is 5.88 Å².